The lowest BCUT2D eigenvalue weighted by molar-refractivity contribution is 0.0987. The van der Waals surface area contributed by atoms with E-state index in [-0.39, 0.29) is 5.78 Å². The molecule has 0 saturated heterocycles. The first-order chi connectivity index (χ1) is 8.79. The molecule has 1 aromatic carbocycles. The maximum absolute atomic E-state index is 11.5. The number of carbonyl (C=O) groups excluding carboxylic acids is 1. The van der Waals surface area contributed by atoms with Gasteiger partial charge in [0.05, 0.1) is 5.03 Å². The van der Waals surface area contributed by atoms with Crippen molar-refractivity contribution in [2.24, 2.45) is 0 Å². The van der Waals surface area contributed by atoms with Gasteiger partial charge in [0, 0.05) is 23.9 Å². The first kappa shape index (κ1) is 12.8. The lowest BCUT2D eigenvalue weighted by Gasteiger charge is -2.02. The fourth-order valence-electron chi connectivity index (χ4n) is 1.57. The molecular formula is C15H15NOS. The second-order valence-corrected chi connectivity index (χ2v) is 4.93. The molecule has 2 aromatic rings. The third-order valence-corrected chi connectivity index (χ3v) is 3.62. The molecule has 0 aliphatic heterocycles. The number of ketones is 1. The van der Waals surface area contributed by atoms with Crippen molar-refractivity contribution in [3.8, 4) is 0 Å². The van der Waals surface area contributed by atoms with E-state index in [4.69, 9.17) is 0 Å². The van der Waals surface area contributed by atoms with Crippen LogP contribution in [-0.2, 0) is 5.75 Å². The number of benzene rings is 1. The van der Waals surface area contributed by atoms with Crippen LogP contribution in [-0.4, -0.2) is 10.8 Å². The zero-order valence-electron chi connectivity index (χ0n) is 10.3. The monoisotopic (exact) mass is 257 g/mol. The van der Waals surface area contributed by atoms with Gasteiger partial charge in [-0.1, -0.05) is 37.3 Å². The molecule has 0 aliphatic rings. The Labute approximate surface area is 111 Å². The van der Waals surface area contributed by atoms with Crippen molar-refractivity contribution in [1.29, 1.82) is 0 Å². The fourth-order valence-corrected chi connectivity index (χ4v) is 2.36. The van der Waals surface area contributed by atoms with Crippen molar-refractivity contribution in [3.63, 3.8) is 0 Å². The van der Waals surface area contributed by atoms with Gasteiger partial charge in [-0.25, -0.2) is 4.98 Å². The Morgan fingerprint density at radius 2 is 1.94 bits per heavy atom. The summed E-state index contributed by atoms with van der Waals surface area (Å²) >= 11 is 1.68. The molecule has 3 heteroatoms. The maximum Gasteiger partial charge on any atom is 0.164 e. The summed E-state index contributed by atoms with van der Waals surface area (Å²) in [7, 11) is 0. The van der Waals surface area contributed by atoms with Crippen molar-refractivity contribution in [3.05, 3.63) is 59.8 Å². The van der Waals surface area contributed by atoms with E-state index in [1.165, 1.54) is 5.56 Å². The van der Waals surface area contributed by atoms with E-state index in [0.29, 0.717) is 12.0 Å². The molecule has 0 amide bonds. The number of aromatic nitrogens is 1. The van der Waals surface area contributed by atoms with E-state index in [9.17, 15) is 4.79 Å². The summed E-state index contributed by atoms with van der Waals surface area (Å²) in [6.07, 6.45) is 2.19. The van der Waals surface area contributed by atoms with Crippen LogP contribution in [0.5, 0.6) is 0 Å². The molecule has 0 radical (unpaired) electrons. The summed E-state index contributed by atoms with van der Waals surface area (Å²) in [5.41, 5.74) is 1.97. The number of pyridine rings is 1. The Balaban J connectivity index is 1.97. The second-order valence-electron chi connectivity index (χ2n) is 3.94. The Hall–Kier alpha value is -1.61. The van der Waals surface area contributed by atoms with Crippen LogP contribution >= 0.6 is 11.8 Å². The molecule has 1 aromatic heterocycles. The number of Topliss-reactive ketones (excluding diaryl/α,β-unsaturated/α-hetero) is 1. The van der Waals surface area contributed by atoms with Gasteiger partial charge in [0.1, 0.15) is 0 Å². The van der Waals surface area contributed by atoms with E-state index in [0.717, 1.165) is 10.8 Å². The van der Waals surface area contributed by atoms with Crippen LogP contribution in [0.4, 0.5) is 0 Å². The normalized spacial score (nSPS) is 10.3. The number of carbonyl (C=O) groups is 1. The maximum atomic E-state index is 11.5. The minimum absolute atomic E-state index is 0.141. The number of hydrogen-bond donors (Lipinski definition) is 0. The summed E-state index contributed by atoms with van der Waals surface area (Å²) < 4.78 is 0. The highest BCUT2D eigenvalue weighted by molar-refractivity contribution is 7.98. The molecule has 0 bridgehead atoms. The highest BCUT2D eigenvalue weighted by Crippen LogP contribution is 2.20. The van der Waals surface area contributed by atoms with E-state index in [2.05, 4.69) is 17.1 Å². The van der Waals surface area contributed by atoms with Gasteiger partial charge in [-0.3, -0.25) is 4.79 Å². The highest BCUT2D eigenvalue weighted by Gasteiger charge is 2.03. The molecule has 1 heterocycles. The highest BCUT2D eigenvalue weighted by atomic mass is 32.2. The largest absolute Gasteiger partial charge is 0.294 e. The molecule has 2 nitrogen and oxygen atoms in total. The zero-order valence-corrected chi connectivity index (χ0v) is 11.1. The lowest BCUT2D eigenvalue weighted by Crippen LogP contribution is -1.97. The summed E-state index contributed by atoms with van der Waals surface area (Å²) in [5, 5.41) is 0.950. The van der Waals surface area contributed by atoms with Gasteiger partial charge in [-0.05, 0) is 17.7 Å². The van der Waals surface area contributed by atoms with Crippen LogP contribution in [0.1, 0.15) is 29.3 Å². The molecule has 0 atom stereocenters. The summed E-state index contributed by atoms with van der Waals surface area (Å²) in [6.45, 7) is 1.86. The number of hydrogen-bond acceptors (Lipinski definition) is 3. The standard InChI is InChI=1S/C15H15NOS/c1-2-14(17)13-8-9-15(16-10-13)18-11-12-6-4-3-5-7-12/h3-10H,2,11H2,1H3. The van der Waals surface area contributed by atoms with E-state index >= 15 is 0 Å². The van der Waals surface area contributed by atoms with Gasteiger partial charge >= 0.3 is 0 Å². The molecule has 0 aliphatic carbocycles. The second kappa shape index (κ2) is 6.36. The van der Waals surface area contributed by atoms with Crippen molar-refractivity contribution in [1.82, 2.24) is 4.98 Å². The third kappa shape index (κ3) is 3.44. The molecule has 2 rings (SSSR count). The molecule has 0 saturated carbocycles. The summed E-state index contributed by atoms with van der Waals surface area (Å²) in [5.74, 6) is 1.04. The Kier molecular flexibility index (Phi) is 4.53. The van der Waals surface area contributed by atoms with Crippen molar-refractivity contribution in [2.75, 3.05) is 0 Å². The van der Waals surface area contributed by atoms with Crippen LogP contribution in [0.15, 0.2) is 53.7 Å². The number of thioether (sulfide) groups is 1. The van der Waals surface area contributed by atoms with Gasteiger partial charge in [0.2, 0.25) is 0 Å². The predicted molar refractivity (Wildman–Crippen MR) is 74.9 cm³/mol. The quantitative estimate of drug-likeness (QED) is 0.599. The molecule has 18 heavy (non-hydrogen) atoms. The molecular weight excluding hydrogens is 242 g/mol. The zero-order chi connectivity index (χ0) is 12.8. The Bertz CT molecular complexity index is 508. The first-order valence-electron chi connectivity index (χ1n) is 5.95. The minimum atomic E-state index is 0.141. The fraction of sp³-hybridized carbons (Fsp3) is 0.200. The molecule has 92 valence electrons. The average molecular weight is 257 g/mol. The number of rotatable bonds is 5. The van der Waals surface area contributed by atoms with Crippen LogP contribution in [0.3, 0.4) is 0 Å². The average Bonchev–Trinajstić information content (AvgIpc) is 2.46. The van der Waals surface area contributed by atoms with Crippen LogP contribution < -0.4 is 0 Å². The summed E-state index contributed by atoms with van der Waals surface area (Å²) in [6, 6.07) is 14.0. The Morgan fingerprint density at radius 1 is 1.17 bits per heavy atom. The van der Waals surface area contributed by atoms with Gasteiger partial charge in [0.25, 0.3) is 0 Å². The van der Waals surface area contributed by atoms with E-state index < -0.39 is 0 Å². The molecule has 0 fully saturated rings. The lowest BCUT2D eigenvalue weighted by atomic mass is 10.1. The van der Waals surface area contributed by atoms with Gasteiger partial charge in [0.15, 0.2) is 5.78 Å². The molecule has 0 unspecified atom stereocenters. The first-order valence-corrected chi connectivity index (χ1v) is 6.94. The van der Waals surface area contributed by atoms with Crippen molar-refractivity contribution in [2.45, 2.75) is 24.1 Å². The smallest absolute Gasteiger partial charge is 0.164 e. The van der Waals surface area contributed by atoms with Crippen molar-refractivity contribution < 1.29 is 4.79 Å². The minimum Gasteiger partial charge on any atom is -0.294 e. The van der Waals surface area contributed by atoms with Crippen LogP contribution in [0.2, 0.25) is 0 Å². The molecule has 0 N–H and O–H groups in total. The van der Waals surface area contributed by atoms with Gasteiger partial charge in [-0.15, -0.1) is 11.8 Å². The van der Waals surface area contributed by atoms with Crippen LogP contribution in [0, 0.1) is 0 Å². The van der Waals surface area contributed by atoms with Crippen LogP contribution in [0.25, 0.3) is 0 Å². The van der Waals surface area contributed by atoms with Gasteiger partial charge in [-0.2, -0.15) is 0 Å². The van der Waals surface area contributed by atoms with Crippen molar-refractivity contribution >= 4 is 17.5 Å². The third-order valence-electron chi connectivity index (χ3n) is 2.61. The predicted octanol–water partition coefficient (Wildman–Crippen LogP) is 3.97. The summed E-state index contributed by atoms with van der Waals surface area (Å²) in [4.78, 5) is 15.8. The SMILES string of the molecule is CCC(=O)c1ccc(SCc2ccccc2)nc1. The van der Waals surface area contributed by atoms with E-state index in [1.807, 2.05) is 37.3 Å². The molecule has 0 spiro atoms. The Morgan fingerprint density at radius 3 is 2.56 bits per heavy atom. The van der Waals surface area contributed by atoms with Gasteiger partial charge < -0.3 is 0 Å². The number of nitrogens with zero attached hydrogens (tertiary/aromatic N) is 1. The van der Waals surface area contributed by atoms with E-state index in [1.54, 1.807) is 18.0 Å². The topological polar surface area (TPSA) is 30.0 Å².